The molecule has 0 heterocycles. The SMILES string of the molecule is N#C[C@H](C(N)=O)[C@@H](SCc1ccccc1)c1ccc(Br)cc1. The monoisotopic (exact) mass is 374 g/mol. The van der Waals surface area contributed by atoms with E-state index in [4.69, 9.17) is 5.73 Å². The molecule has 2 aromatic carbocycles. The Hall–Kier alpha value is -1.77. The second-order valence-electron chi connectivity index (χ2n) is 4.78. The minimum absolute atomic E-state index is 0.282. The first-order valence-corrected chi connectivity index (χ1v) is 8.56. The van der Waals surface area contributed by atoms with Crippen molar-refractivity contribution in [3.05, 3.63) is 70.2 Å². The van der Waals surface area contributed by atoms with E-state index in [9.17, 15) is 10.1 Å². The molecule has 1 amide bonds. The van der Waals surface area contributed by atoms with E-state index in [2.05, 4.69) is 15.9 Å². The number of amides is 1. The molecule has 5 heteroatoms. The van der Waals surface area contributed by atoms with E-state index in [1.54, 1.807) is 11.8 Å². The van der Waals surface area contributed by atoms with Gasteiger partial charge in [-0.1, -0.05) is 58.4 Å². The van der Waals surface area contributed by atoms with Gasteiger partial charge in [0.1, 0.15) is 5.92 Å². The van der Waals surface area contributed by atoms with E-state index in [0.717, 1.165) is 15.6 Å². The van der Waals surface area contributed by atoms with E-state index in [1.165, 1.54) is 0 Å². The van der Waals surface area contributed by atoms with Crippen LogP contribution in [-0.2, 0) is 10.5 Å². The smallest absolute Gasteiger partial charge is 0.236 e. The number of nitrogens with two attached hydrogens (primary N) is 1. The third-order valence-corrected chi connectivity index (χ3v) is 5.15. The summed E-state index contributed by atoms with van der Waals surface area (Å²) in [6.07, 6.45) is 0. The molecule has 112 valence electrons. The van der Waals surface area contributed by atoms with Crippen molar-refractivity contribution in [2.24, 2.45) is 11.7 Å². The second-order valence-corrected chi connectivity index (χ2v) is 6.82. The highest BCUT2D eigenvalue weighted by Gasteiger charge is 2.28. The fraction of sp³-hybridized carbons (Fsp3) is 0.176. The zero-order valence-electron chi connectivity index (χ0n) is 11.8. The summed E-state index contributed by atoms with van der Waals surface area (Å²) >= 11 is 4.95. The number of nitriles is 1. The maximum Gasteiger partial charge on any atom is 0.236 e. The van der Waals surface area contributed by atoms with E-state index in [0.29, 0.717) is 5.75 Å². The van der Waals surface area contributed by atoms with Crippen LogP contribution in [0.4, 0.5) is 0 Å². The van der Waals surface area contributed by atoms with Crippen LogP contribution in [0.2, 0.25) is 0 Å². The quantitative estimate of drug-likeness (QED) is 0.828. The molecule has 0 bridgehead atoms. The van der Waals surface area contributed by atoms with Gasteiger partial charge in [0.05, 0.1) is 11.3 Å². The highest BCUT2D eigenvalue weighted by Crippen LogP contribution is 2.38. The van der Waals surface area contributed by atoms with Gasteiger partial charge in [-0.05, 0) is 23.3 Å². The van der Waals surface area contributed by atoms with Crippen molar-refractivity contribution in [1.82, 2.24) is 0 Å². The summed E-state index contributed by atoms with van der Waals surface area (Å²) in [6.45, 7) is 0. The number of halogens is 1. The lowest BCUT2D eigenvalue weighted by Crippen LogP contribution is -2.26. The number of carbonyl (C=O) groups is 1. The molecule has 0 aliphatic heterocycles. The third-order valence-electron chi connectivity index (χ3n) is 3.22. The van der Waals surface area contributed by atoms with Gasteiger partial charge in [0.2, 0.25) is 5.91 Å². The molecule has 0 radical (unpaired) electrons. The maximum absolute atomic E-state index is 11.6. The first-order valence-electron chi connectivity index (χ1n) is 6.71. The molecule has 0 aromatic heterocycles. The maximum atomic E-state index is 11.6. The van der Waals surface area contributed by atoms with Crippen molar-refractivity contribution in [3.63, 3.8) is 0 Å². The van der Waals surface area contributed by atoms with Gasteiger partial charge >= 0.3 is 0 Å². The van der Waals surface area contributed by atoms with Gasteiger partial charge < -0.3 is 5.73 Å². The second kappa shape index (κ2) is 8.02. The van der Waals surface area contributed by atoms with Crippen LogP contribution < -0.4 is 5.73 Å². The summed E-state index contributed by atoms with van der Waals surface area (Å²) < 4.78 is 0.954. The first kappa shape index (κ1) is 16.6. The Morgan fingerprint density at radius 3 is 2.36 bits per heavy atom. The Bertz CT molecular complexity index is 667. The third kappa shape index (κ3) is 4.36. The number of thioether (sulfide) groups is 1. The number of hydrogen-bond donors (Lipinski definition) is 1. The van der Waals surface area contributed by atoms with Crippen molar-refractivity contribution >= 4 is 33.6 Å². The zero-order chi connectivity index (χ0) is 15.9. The van der Waals surface area contributed by atoms with Crippen molar-refractivity contribution in [1.29, 1.82) is 5.26 Å². The molecule has 0 saturated heterocycles. The molecule has 0 spiro atoms. The topological polar surface area (TPSA) is 66.9 Å². The number of rotatable bonds is 6. The van der Waals surface area contributed by atoms with Crippen LogP contribution >= 0.6 is 27.7 Å². The summed E-state index contributed by atoms with van der Waals surface area (Å²) in [5.74, 6) is -0.724. The standard InChI is InChI=1S/C17H15BrN2OS/c18-14-8-6-13(7-9-14)16(15(10-19)17(20)21)22-11-12-4-2-1-3-5-12/h1-9,15-16H,11H2,(H2,20,21)/t15-,16-/m0/s1. The van der Waals surface area contributed by atoms with Gasteiger partial charge in [-0.3, -0.25) is 4.79 Å². The Labute approximate surface area is 142 Å². The van der Waals surface area contributed by atoms with E-state index in [-0.39, 0.29) is 5.25 Å². The molecule has 0 unspecified atom stereocenters. The average Bonchev–Trinajstić information content (AvgIpc) is 2.53. The molecule has 2 N–H and O–H groups in total. The van der Waals surface area contributed by atoms with Crippen LogP contribution in [0.3, 0.4) is 0 Å². The Morgan fingerprint density at radius 1 is 1.18 bits per heavy atom. The lowest BCUT2D eigenvalue weighted by Gasteiger charge is -2.20. The molecule has 0 aliphatic carbocycles. The van der Waals surface area contributed by atoms with Gasteiger partial charge in [0, 0.05) is 10.2 Å². The molecule has 22 heavy (non-hydrogen) atoms. The van der Waals surface area contributed by atoms with Crippen molar-refractivity contribution in [3.8, 4) is 6.07 Å². The highest BCUT2D eigenvalue weighted by molar-refractivity contribution is 9.10. The van der Waals surface area contributed by atoms with Crippen molar-refractivity contribution < 1.29 is 4.79 Å². The fourth-order valence-electron chi connectivity index (χ4n) is 2.08. The molecule has 2 atom stereocenters. The van der Waals surface area contributed by atoms with Crippen molar-refractivity contribution in [2.75, 3.05) is 0 Å². The van der Waals surface area contributed by atoms with Crippen LogP contribution in [0.5, 0.6) is 0 Å². The molecular formula is C17H15BrN2OS. The lowest BCUT2D eigenvalue weighted by molar-refractivity contribution is -0.120. The molecule has 0 fully saturated rings. The number of hydrogen-bond acceptors (Lipinski definition) is 3. The summed E-state index contributed by atoms with van der Waals surface area (Å²) in [6, 6.07) is 19.6. The number of carbonyl (C=O) groups excluding carboxylic acids is 1. The van der Waals surface area contributed by atoms with Gasteiger partial charge in [-0.2, -0.15) is 5.26 Å². The molecule has 2 aromatic rings. The predicted molar refractivity (Wildman–Crippen MR) is 92.9 cm³/mol. The van der Waals surface area contributed by atoms with Crippen LogP contribution in [0.15, 0.2) is 59.1 Å². The summed E-state index contributed by atoms with van der Waals surface area (Å²) in [7, 11) is 0. The largest absolute Gasteiger partial charge is 0.368 e. The Balaban J connectivity index is 2.23. The molecular weight excluding hydrogens is 360 g/mol. The molecule has 3 nitrogen and oxygen atoms in total. The minimum atomic E-state index is -0.852. The average molecular weight is 375 g/mol. The molecule has 0 saturated carbocycles. The number of benzene rings is 2. The van der Waals surface area contributed by atoms with Gasteiger partial charge in [-0.15, -0.1) is 11.8 Å². The molecule has 2 rings (SSSR count). The summed E-state index contributed by atoms with van der Waals surface area (Å²) in [5.41, 5.74) is 7.47. The van der Waals surface area contributed by atoms with Crippen LogP contribution in [-0.4, -0.2) is 5.91 Å². The zero-order valence-corrected chi connectivity index (χ0v) is 14.2. The van der Waals surface area contributed by atoms with Gasteiger partial charge in [-0.25, -0.2) is 0 Å². The normalized spacial score (nSPS) is 13.1. The van der Waals surface area contributed by atoms with Gasteiger partial charge in [0.25, 0.3) is 0 Å². The lowest BCUT2D eigenvalue weighted by atomic mass is 9.99. The summed E-state index contributed by atoms with van der Waals surface area (Å²) in [5, 5.41) is 9.02. The Morgan fingerprint density at radius 2 is 1.82 bits per heavy atom. The number of primary amides is 1. The Kier molecular flexibility index (Phi) is 6.05. The summed E-state index contributed by atoms with van der Waals surface area (Å²) in [4.78, 5) is 11.6. The first-order chi connectivity index (χ1) is 10.6. The van der Waals surface area contributed by atoms with E-state index >= 15 is 0 Å². The molecule has 0 aliphatic rings. The van der Waals surface area contributed by atoms with Crippen LogP contribution in [0.25, 0.3) is 0 Å². The van der Waals surface area contributed by atoms with E-state index in [1.807, 2.05) is 60.7 Å². The number of nitrogens with zero attached hydrogens (tertiary/aromatic N) is 1. The predicted octanol–water partition coefficient (Wildman–Crippen LogP) is 4.05. The van der Waals surface area contributed by atoms with E-state index < -0.39 is 11.8 Å². The van der Waals surface area contributed by atoms with Crippen molar-refractivity contribution in [2.45, 2.75) is 11.0 Å². The van der Waals surface area contributed by atoms with Gasteiger partial charge in [0.15, 0.2) is 0 Å². The van der Waals surface area contributed by atoms with Crippen LogP contribution in [0, 0.1) is 17.2 Å². The fourth-order valence-corrected chi connectivity index (χ4v) is 3.64. The minimum Gasteiger partial charge on any atom is -0.368 e. The van der Waals surface area contributed by atoms with Crippen LogP contribution in [0.1, 0.15) is 16.4 Å². The highest BCUT2D eigenvalue weighted by atomic mass is 79.9.